The SMILES string of the molecule is CC(C)C(=O)CCC(NS)C(O)O. The maximum absolute atomic E-state index is 11.2. The number of hydrogen-bond acceptors (Lipinski definition) is 5. The summed E-state index contributed by atoms with van der Waals surface area (Å²) in [5.74, 6) is 0.116. The van der Waals surface area contributed by atoms with Gasteiger partial charge in [0.05, 0.1) is 6.04 Å². The fraction of sp³-hybridized carbons (Fsp3) is 0.875. The van der Waals surface area contributed by atoms with E-state index in [4.69, 9.17) is 10.2 Å². The van der Waals surface area contributed by atoms with Crippen molar-refractivity contribution in [3.05, 3.63) is 0 Å². The molecule has 0 saturated heterocycles. The molecule has 0 amide bonds. The van der Waals surface area contributed by atoms with Gasteiger partial charge >= 0.3 is 0 Å². The van der Waals surface area contributed by atoms with Gasteiger partial charge in [-0.3, -0.25) is 9.52 Å². The molecule has 0 aromatic rings. The summed E-state index contributed by atoms with van der Waals surface area (Å²) in [7, 11) is 0. The Morgan fingerprint density at radius 2 is 2.00 bits per heavy atom. The van der Waals surface area contributed by atoms with Crippen LogP contribution >= 0.6 is 12.8 Å². The number of carbonyl (C=O) groups excluding carboxylic acids is 1. The summed E-state index contributed by atoms with van der Waals surface area (Å²) in [5.41, 5.74) is 0. The van der Waals surface area contributed by atoms with Gasteiger partial charge in [0.25, 0.3) is 0 Å². The smallest absolute Gasteiger partial charge is 0.167 e. The van der Waals surface area contributed by atoms with Crippen LogP contribution in [0.4, 0.5) is 0 Å². The molecule has 0 aromatic heterocycles. The van der Waals surface area contributed by atoms with Crippen LogP contribution in [0.1, 0.15) is 26.7 Å². The lowest BCUT2D eigenvalue weighted by Gasteiger charge is -2.16. The summed E-state index contributed by atoms with van der Waals surface area (Å²) in [6, 6.07) is -0.550. The second-order valence-electron chi connectivity index (χ2n) is 3.31. The molecule has 0 saturated carbocycles. The van der Waals surface area contributed by atoms with E-state index in [1.165, 1.54) is 0 Å². The predicted molar refractivity (Wildman–Crippen MR) is 53.2 cm³/mol. The standard InChI is InChI=1S/C8H17NO3S/c1-5(2)7(10)4-3-6(9-13)8(11)12/h5-6,8-9,11-13H,3-4H2,1-2H3. The first-order chi connectivity index (χ1) is 5.99. The van der Waals surface area contributed by atoms with Gasteiger partial charge in [0, 0.05) is 12.3 Å². The van der Waals surface area contributed by atoms with Gasteiger partial charge < -0.3 is 10.2 Å². The molecule has 0 heterocycles. The Morgan fingerprint density at radius 1 is 1.46 bits per heavy atom. The lowest BCUT2D eigenvalue weighted by molar-refractivity contribution is -0.122. The molecule has 5 heteroatoms. The quantitative estimate of drug-likeness (QED) is 0.368. The number of aliphatic hydroxyl groups is 2. The molecular weight excluding hydrogens is 190 g/mol. The van der Waals surface area contributed by atoms with Gasteiger partial charge in [0.2, 0.25) is 0 Å². The minimum atomic E-state index is -1.47. The molecule has 0 rings (SSSR count). The minimum Gasteiger partial charge on any atom is -0.367 e. The lowest BCUT2D eigenvalue weighted by atomic mass is 10.0. The van der Waals surface area contributed by atoms with Crippen molar-refractivity contribution in [3.8, 4) is 0 Å². The third-order valence-corrected chi connectivity index (χ3v) is 2.20. The fourth-order valence-electron chi connectivity index (χ4n) is 0.867. The minimum absolute atomic E-state index is 0.00333. The molecule has 78 valence electrons. The van der Waals surface area contributed by atoms with Crippen molar-refractivity contribution in [2.45, 2.75) is 39.0 Å². The van der Waals surface area contributed by atoms with Crippen LogP contribution in [0.15, 0.2) is 0 Å². The molecule has 0 aliphatic heterocycles. The first-order valence-electron chi connectivity index (χ1n) is 4.27. The van der Waals surface area contributed by atoms with E-state index < -0.39 is 12.3 Å². The van der Waals surface area contributed by atoms with Crippen molar-refractivity contribution < 1.29 is 15.0 Å². The highest BCUT2D eigenvalue weighted by Gasteiger charge is 2.17. The summed E-state index contributed by atoms with van der Waals surface area (Å²) >= 11 is 3.73. The van der Waals surface area contributed by atoms with E-state index in [2.05, 4.69) is 17.5 Å². The van der Waals surface area contributed by atoms with Crippen molar-refractivity contribution in [1.29, 1.82) is 0 Å². The number of nitrogens with one attached hydrogen (secondary N) is 1. The van der Waals surface area contributed by atoms with Crippen LogP contribution < -0.4 is 4.72 Å². The van der Waals surface area contributed by atoms with E-state index in [0.29, 0.717) is 12.8 Å². The molecule has 0 fully saturated rings. The van der Waals surface area contributed by atoms with Gasteiger partial charge in [-0.1, -0.05) is 26.7 Å². The van der Waals surface area contributed by atoms with Crippen molar-refractivity contribution >= 4 is 18.6 Å². The van der Waals surface area contributed by atoms with Gasteiger partial charge in [-0.15, -0.1) is 0 Å². The topological polar surface area (TPSA) is 69.6 Å². The Hall–Kier alpha value is -0.100. The maximum Gasteiger partial charge on any atom is 0.167 e. The Labute approximate surface area is 83.9 Å². The van der Waals surface area contributed by atoms with Crippen molar-refractivity contribution in [1.82, 2.24) is 4.72 Å². The van der Waals surface area contributed by atoms with E-state index in [0.717, 1.165) is 0 Å². The molecule has 0 aromatic carbocycles. The molecular formula is C8H17NO3S. The highest BCUT2D eigenvalue weighted by molar-refractivity contribution is 7.78. The zero-order chi connectivity index (χ0) is 10.4. The zero-order valence-electron chi connectivity index (χ0n) is 7.90. The number of Topliss-reactive ketones (excluding diaryl/α,β-unsaturated/α-hetero) is 1. The van der Waals surface area contributed by atoms with Crippen LogP contribution in [0.3, 0.4) is 0 Å². The second-order valence-corrected chi connectivity index (χ2v) is 3.57. The van der Waals surface area contributed by atoms with Crippen LogP contribution in [-0.2, 0) is 4.79 Å². The van der Waals surface area contributed by atoms with E-state index in [1.54, 1.807) is 0 Å². The fourth-order valence-corrected chi connectivity index (χ4v) is 1.13. The second kappa shape index (κ2) is 6.37. The first kappa shape index (κ1) is 12.9. The van der Waals surface area contributed by atoms with E-state index in [1.807, 2.05) is 13.8 Å². The van der Waals surface area contributed by atoms with Crippen molar-refractivity contribution in [2.75, 3.05) is 0 Å². The summed E-state index contributed by atoms with van der Waals surface area (Å²) in [6.07, 6.45) is -0.747. The molecule has 4 nitrogen and oxygen atoms in total. The molecule has 0 aliphatic rings. The summed E-state index contributed by atoms with van der Waals surface area (Å²) in [5, 5.41) is 17.6. The number of thiol groups is 1. The molecule has 1 unspecified atom stereocenters. The Bertz CT molecular complexity index is 161. The largest absolute Gasteiger partial charge is 0.367 e. The number of carbonyl (C=O) groups is 1. The highest BCUT2D eigenvalue weighted by Crippen LogP contribution is 2.07. The van der Waals surface area contributed by atoms with Crippen LogP contribution in [0.2, 0.25) is 0 Å². The number of rotatable bonds is 6. The Kier molecular flexibility index (Phi) is 6.32. The third kappa shape index (κ3) is 5.25. The molecule has 0 bridgehead atoms. The van der Waals surface area contributed by atoms with Gasteiger partial charge in [-0.25, -0.2) is 0 Å². The Balaban J connectivity index is 3.79. The van der Waals surface area contributed by atoms with Crippen LogP contribution in [0, 0.1) is 5.92 Å². The van der Waals surface area contributed by atoms with Crippen LogP contribution in [-0.4, -0.2) is 28.3 Å². The van der Waals surface area contributed by atoms with Crippen LogP contribution in [0.5, 0.6) is 0 Å². The average molecular weight is 207 g/mol. The monoisotopic (exact) mass is 207 g/mol. The number of aliphatic hydroxyl groups excluding tert-OH is 1. The van der Waals surface area contributed by atoms with E-state index in [-0.39, 0.29) is 11.7 Å². The van der Waals surface area contributed by atoms with Crippen molar-refractivity contribution in [3.63, 3.8) is 0 Å². The lowest BCUT2D eigenvalue weighted by Crippen LogP contribution is -2.35. The predicted octanol–water partition coefficient (Wildman–Crippen LogP) is 0.105. The van der Waals surface area contributed by atoms with Crippen molar-refractivity contribution in [2.24, 2.45) is 5.92 Å². The molecule has 0 radical (unpaired) electrons. The number of hydrogen-bond donors (Lipinski definition) is 4. The third-order valence-electron chi connectivity index (χ3n) is 1.87. The highest BCUT2D eigenvalue weighted by atomic mass is 32.1. The molecule has 13 heavy (non-hydrogen) atoms. The average Bonchev–Trinajstić information content (AvgIpc) is 2.04. The van der Waals surface area contributed by atoms with Gasteiger partial charge in [0.15, 0.2) is 6.29 Å². The molecule has 3 N–H and O–H groups in total. The van der Waals surface area contributed by atoms with Gasteiger partial charge in [-0.05, 0) is 6.42 Å². The maximum atomic E-state index is 11.2. The van der Waals surface area contributed by atoms with E-state index in [9.17, 15) is 4.79 Å². The van der Waals surface area contributed by atoms with Crippen LogP contribution in [0.25, 0.3) is 0 Å². The zero-order valence-corrected chi connectivity index (χ0v) is 8.79. The summed E-state index contributed by atoms with van der Waals surface area (Å²) in [6.45, 7) is 3.64. The van der Waals surface area contributed by atoms with Gasteiger partial charge in [0.1, 0.15) is 5.78 Å². The Morgan fingerprint density at radius 3 is 2.31 bits per heavy atom. The normalized spacial score (nSPS) is 13.8. The first-order valence-corrected chi connectivity index (χ1v) is 4.72. The summed E-state index contributed by atoms with van der Waals surface area (Å²) < 4.78 is 2.44. The molecule has 0 spiro atoms. The van der Waals surface area contributed by atoms with Gasteiger partial charge in [-0.2, -0.15) is 0 Å². The molecule has 0 aliphatic carbocycles. The molecule has 1 atom stereocenters. The van der Waals surface area contributed by atoms with E-state index >= 15 is 0 Å². The summed E-state index contributed by atoms with van der Waals surface area (Å²) in [4.78, 5) is 11.2. The number of ketones is 1.